The molecule has 0 spiro atoms. The summed E-state index contributed by atoms with van der Waals surface area (Å²) in [7, 11) is -1.87. The lowest BCUT2D eigenvalue weighted by atomic mass is 9.99. The zero-order chi connectivity index (χ0) is 14.6. The van der Waals surface area contributed by atoms with E-state index in [0.717, 1.165) is 23.9 Å². The first-order valence-electron chi connectivity index (χ1n) is 6.47. The monoisotopic (exact) mass is 398 g/mol. The van der Waals surface area contributed by atoms with Crippen molar-refractivity contribution in [1.82, 2.24) is 10.0 Å². The molecule has 1 aromatic rings. The summed E-state index contributed by atoms with van der Waals surface area (Å²) in [6.07, 6.45) is 1.93. The Balaban J connectivity index is 0.00000220. The van der Waals surface area contributed by atoms with Gasteiger partial charge in [-0.3, -0.25) is 0 Å². The first-order valence-corrected chi connectivity index (χ1v) is 8.74. The number of ether oxygens (including phenoxy) is 1. The topological polar surface area (TPSA) is 67.4 Å². The standard InChI is InChI=1S/C13H19BrN2O3S.ClH/c1-19-10-13(6-3-7-15-13)9-16-20(17,18)12-5-2-4-11(14)8-12;/h2,4-5,8,15-16H,3,6-7,9-10H2,1H3;1H. The van der Waals surface area contributed by atoms with Gasteiger partial charge in [-0.05, 0) is 37.6 Å². The minimum absolute atomic E-state index is 0. The van der Waals surface area contributed by atoms with Crippen LogP contribution in [0, 0.1) is 0 Å². The molecule has 0 amide bonds. The number of sulfonamides is 1. The molecule has 0 bridgehead atoms. The normalized spacial score (nSPS) is 22.0. The molecule has 1 saturated heterocycles. The van der Waals surface area contributed by atoms with Crippen LogP contribution in [0.2, 0.25) is 0 Å². The molecule has 1 atom stereocenters. The van der Waals surface area contributed by atoms with Gasteiger partial charge in [-0.1, -0.05) is 22.0 Å². The van der Waals surface area contributed by atoms with E-state index in [1.54, 1.807) is 31.4 Å². The van der Waals surface area contributed by atoms with E-state index in [1.165, 1.54) is 0 Å². The molecule has 0 saturated carbocycles. The van der Waals surface area contributed by atoms with Crippen molar-refractivity contribution in [2.75, 3.05) is 26.8 Å². The van der Waals surface area contributed by atoms with Gasteiger partial charge in [0, 0.05) is 18.1 Å². The van der Waals surface area contributed by atoms with Crippen molar-refractivity contribution in [3.8, 4) is 0 Å². The highest BCUT2D eigenvalue weighted by atomic mass is 79.9. The number of rotatable bonds is 6. The zero-order valence-corrected chi connectivity index (χ0v) is 15.0. The van der Waals surface area contributed by atoms with Gasteiger partial charge in [-0.2, -0.15) is 0 Å². The van der Waals surface area contributed by atoms with Gasteiger partial charge < -0.3 is 10.1 Å². The SMILES string of the molecule is COCC1(CNS(=O)(=O)c2cccc(Br)c2)CCCN1.Cl. The molecule has 1 aliphatic rings. The van der Waals surface area contributed by atoms with E-state index in [-0.39, 0.29) is 22.8 Å². The molecule has 0 aromatic heterocycles. The Morgan fingerprint density at radius 2 is 2.24 bits per heavy atom. The molecule has 1 heterocycles. The number of methoxy groups -OCH3 is 1. The molecular formula is C13H20BrClN2O3S. The minimum atomic E-state index is -3.50. The average Bonchev–Trinajstić information content (AvgIpc) is 2.86. The molecule has 120 valence electrons. The average molecular weight is 400 g/mol. The lowest BCUT2D eigenvalue weighted by Crippen LogP contribution is -2.52. The Morgan fingerprint density at radius 1 is 1.48 bits per heavy atom. The van der Waals surface area contributed by atoms with E-state index in [9.17, 15) is 8.42 Å². The predicted octanol–water partition coefficient (Wildman–Crippen LogP) is 1.92. The maximum absolute atomic E-state index is 12.3. The summed E-state index contributed by atoms with van der Waals surface area (Å²) < 4.78 is 33.2. The highest BCUT2D eigenvalue weighted by Crippen LogP contribution is 2.21. The van der Waals surface area contributed by atoms with Crippen LogP contribution in [-0.4, -0.2) is 40.8 Å². The molecule has 1 unspecified atom stereocenters. The van der Waals surface area contributed by atoms with E-state index in [1.807, 2.05) is 0 Å². The summed E-state index contributed by atoms with van der Waals surface area (Å²) in [4.78, 5) is 0.262. The highest BCUT2D eigenvalue weighted by Gasteiger charge is 2.34. The van der Waals surface area contributed by atoms with Gasteiger partial charge in [0.25, 0.3) is 0 Å². The van der Waals surface area contributed by atoms with Crippen LogP contribution in [0.1, 0.15) is 12.8 Å². The van der Waals surface area contributed by atoms with Gasteiger partial charge >= 0.3 is 0 Å². The molecule has 0 radical (unpaired) electrons. The number of nitrogens with one attached hydrogen (secondary N) is 2. The molecule has 2 rings (SSSR count). The van der Waals surface area contributed by atoms with Crippen molar-refractivity contribution in [2.45, 2.75) is 23.3 Å². The van der Waals surface area contributed by atoms with Gasteiger partial charge in [0.15, 0.2) is 0 Å². The number of hydrogen-bond donors (Lipinski definition) is 2. The molecule has 1 aliphatic heterocycles. The second-order valence-corrected chi connectivity index (χ2v) is 7.71. The van der Waals surface area contributed by atoms with Crippen molar-refractivity contribution in [3.05, 3.63) is 28.7 Å². The molecule has 2 N–H and O–H groups in total. The van der Waals surface area contributed by atoms with Crippen molar-refractivity contribution >= 4 is 38.4 Å². The third-order valence-corrected chi connectivity index (χ3v) is 5.35. The second-order valence-electron chi connectivity index (χ2n) is 5.03. The van der Waals surface area contributed by atoms with E-state index < -0.39 is 10.0 Å². The van der Waals surface area contributed by atoms with Crippen LogP contribution in [0.5, 0.6) is 0 Å². The molecular weight excluding hydrogens is 380 g/mol. The van der Waals surface area contributed by atoms with Crippen LogP contribution < -0.4 is 10.0 Å². The Hall–Kier alpha value is -0.180. The van der Waals surface area contributed by atoms with Gasteiger partial charge in [0.05, 0.1) is 17.0 Å². The first-order chi connectivity index (χ1) is 9.47. The lowest BCUT2D eigenvalue weighted by molar-refractivity contribution is 0.122. The quantitative estimate of drug-likeness (QED) is 0.767. The zero-order valence-electron chi connectivity index (χ0n) is 11.8. The molecule has 8 heteroatoms. The van der Waals surface area contributed by atoms with Crippen LogP contribution in [0.25, 0.3) is 0 Å². The summed E-state index contributed by atoms with van der Waals surface area (Å²) >= 11 is 3.28. The van der Waals surface area contributed by atoms with E-state index in [2.05, 4.69) is 26.0 Å². The largest absolute Gasteiger partial charge is 0.383 e. The van der Waals surface area contributed by atoms with Crippen LogP contribution in [0.4, 0.5) is 0 Å². The second kappa shape index (κ2) is 7.89. The minimum Gasteiger partial charge on any atom is -0.383 e. The fourth-order valence-electron chi connectivity index (χ4n) is 2.42. The number of hydrogen-bond acceptors (Lipinski definition) is 4. The summed E-state index contributed by atoms with van der Waals surface area (Å²) in [5.74, 6) is 0. The third-order valence-electron chi connectivity index (χ3n) is 3.46. The van der Waals surface area contributed by atoms with Gasteiger partial charge in [-0.25, -0.2) is 13.1 Å². The predicted molar refractivity (Wildman–Crippen MR) is 88.4 cm³/mol. The Bertz CT molecular complexity index is 562. The molecule has 0 aliphatic carbocycles. The third kappa shape index (κ3) is 4.91. The van der Waals surface area contributed by atoms with Crippen molar-refractivity contribution in [1.29, 1.82) is 0 Å². The lowest BCUT2D eigenvalue weighted by Gasteiger charge is -2.28. The smallest absolute Gasteiger partial charge is 0.240 e. The highest BCUT2D eigenvalue weighted by molar-refractivity contribution is 9.10. The van der Waals surface area contributed by atoms with Crippen molar-refractivity contribution < 1.29 is 13.2 Å². The number of benzene rings is 1. The fourth-order valence-corrected chi connectivity index (χ4v) is 4.14. The molecule has 1 fully saturated rings. The van der Waals surface area contributed by atoms with Gasteiger partial charge in [0.1, 0.15) is 0 Å². The van der Waals surface area contributed by atoms with Crippen molar-refractivity contribution in [2.24, 2.45) is 0 Å². The summed E-state index contributed by atoms with van der Waals surface area (Å²) in [6.45, 7) is 1.71. The van der Waals surface area contributed by atoms with E-state index in [4.69, 9.17) is 4.74 Å². The number of halogens is 2. The fraction of sp³-hybridized carbons (Fsp3) is 0.538. The van der Waals surface area contributed by atoms with E-state index in [0.29, 0.717) is 13.2 Å². The first kappa shape index (κ1) is 18.9. The van der Waals surface area contributed by atoms with Gasteiger partial charge in [-0.15, -0.1) is 12.4 Å². The summed E-state index contributed by atoms with van der Waals surface area (Å²) in [5.41, 5.74) is -0.298. The Kier molecular flexibility index (Phi) is 7.09. The van der Waals surface area contributed by atoms with Crippen LogP contribution >= 0.6 is 28.3 Å². The van der Waals surface area contributed by atoms with Crippen LogP contribution in [0.3, 0.4) is 0 Å². The Labute approximate surface area is 140 Å². The van der Waals surface area contributed by atoms with Crippen molar-refractivity contribution in [3.63, 3.8) is 0 Å². The van der Waals surface area contributed by atoms with E-state index >= 15 is 0 Å². The van der Waals surface area contributed by atoms with Crippen LogP contribution in [-0.2, 0) is 14.8 Å². The summed E-state index contributed by atoms with van der Waals surface area (Å²) in [5, 5.41) is 3.35. The maximum atomic E-state index is 12.3. The molecule has 5 nitrogen and oxygen atoms in total. The van der Waals surface area contributed by atoms with Crippen LogP contribution in [0.15, 0.2) is 33.6 Å². The molecule has 21 heavy (non-hydrogen) atoms. The Morgan fingerprint density at radius 3 is 2.81 bits per heavy atom. The summed E-state index contributed by atoms with van der Waals surface area (Å²) in [6, 6.07) is 6.67. The maximum Gasteiger partial charge on any atom is 0.240 e. The van der Waals surface area contributed by atoms with Gasteiger partial charge in [0.2, 0.25) is 10.0 Å². The molecule has 1 aromatic carbocycles.